The quantitative estimate of drug-likeness (QED) is 0.864. The van der Waals surface area contributed by atoms with Crippen LogP contribution in [0.3, 0.4) is 0 Å². The Morgan fingerprint density at radius 1 is 0.947 bits per heavy atom. The lowest BCUT2D eigenvalue weighted by Gasteiger charge is -2.46. The zero-order valence-corrected chi connectivity index (χ0v) is 14.2. The van der Waals surface area contributed by atoms with E-state index in [0.29, 0.717) is 0 Å². The largest absolute Gasteiger partial charge is 0.369 e. The normalized spacial score (nSPS) is 15.8. The number of carbonyl (C=O) groups excluding carboxylic acids is 2. The zero-order chi connectivity index (χ0) is 15.6. The standard InChI is InChI=1S/C14H28N2O2S/c1-9(11(15)17)19-10(2)12(18)16(13(3,4)5)14(6,7)8/h9-10H,1-8H3,(H2,15,17). The molecule has 0 aliphatic carbocycles. The third-order valence-electron chi connectivity index (χ3n) is 2.72. The fraction of sp³-hybridized carbons (Fsp3) is 0.857. The van der Waals surface area contributed by atoms with E-state index in [1.807, 2.05) is 53.4 Å². The third kappa shape index (κ3) is 5.43. The van der Waals surface area contributed by atoms with Crippen molar-refractivity contribution in [3.8, 4) is 0 Å². The van der Waals surface area contributed by atoms with Gasteiger partial charge in [-0.25, -0.2) is 0 Å². The average molecular weight is 288 g/mol. The number of hydrogen-bond donors (Lipinski definition) is 1. The lowest BCUT2D eigenvalue weighted by Crippen LogP contribution is -2.58. The number of thioether (sulfide) groups is 1. The summed E-state index contributed by atoms with van der Waals surface area (Å²) in [5, 5.41) is -0.651. The van der Waals surface area contributed by atoms with Crippen molar-refractivity contribution >= 4 is 23.6 Å². The second-order valence-corrected chi connectivity index (χ2v) is 8.52. The highest BCUT2D eigenvalue weighted by Crippen LogP contribution is 2.29. The molecule has 4 nitrogen and oxygen atoms in total. The van der Waals surface area contributed by atoms with Crippen LogP contribution in [0.2, 0.25) is 0 Å². The summed E-state index contributed by atoms with van der Waals surface area (Å²) < 4.78 is 0. The molecule has 0 spiro atoms. The van der Waals surface area contributed by atoms with Gasteiger partial charge in [0, 0.05) is 11.1 Å². The van der Waals surface area contributed by atoms with Gasteiger partial charge in [-0.1, -0.05) is 0 Å². The molecule has 0 heterocycles. The van der Waals surface area contributed by atoms with Crippen molar-refractivity contribution < 1.29 is 9.59 Å². The van der Waals surface area contributed by atoms with E-state index in [4.69, 9.17) is 5.73 Å². The summed E-state index contributed by atoms with van der Waals surface area (Å²) in [6, 6.07) is 0. The molecule has 0 bridgehead atoms. The van der Waals surface area contributed by atoms with Crippen molar-refractivity contribution in [2.24, 2.45) is 5.73 Å². The number of nitrogens with zero attached hydrogens (tertiary/aromatic N) is 1. The van der Waals surface area contributed by atoms with Gasteiger partial charge in [0.05, 0.1) is 10.5 Å². The smallest absolute Gasteiger partial charge is 0.236 e. The molecule has 0 rings (SSSR count). The fourth-order valence-electron chi connectivity index (χ4n) is 2.28. The molecule has 2 unspecified atom stereocenters. The van der Waals surface area contributed by atoms with Crippen LogP contribution in [0.4, 0.5) is 0 Å². The van der Waals surface area contributed by atoms with Gasteiger partial charge < -0.3 is 10.6 Å². The van der Waals surface area contributed by atoms with Crippen LogP contribution in [0.1, 0.15) is 55.4 Å². The molecule has 5 heteroatoms. The number of amides is 2. The van der Waals surface area contributed by atoms with E-state index < -0.39 is 0 Å². The molecule has 19 heavy (non-hydrogen) atoms. The summed E-state index contributed by atoms with van der Waals surface area (Å²) in [4.78, 5) is 25.6. The lowest BCUT2D eigenvalue weighted by molar-refractivity contribution is -0.141. The van der Waals surface area contributed by atoms with E-state index in [-0.39, 0.29) is 33.4 Å². The monoisotopic (exact) mass is 288 g/mol. The first kappa shape index (κ1) is 18.3. The minimum absolute atomic E-state index is 0.0399. The van der Waals surface area contributed by atoms with E-state index in [0.717, 1.165) is 0 Å². The Morgan fingerprint density at radius 3 is 1.58 bits per heavy atom. The van der Waals surface area contributed by atoms with Gasteiger partial charge in [-0.05, 0) is 55.4 Å². The summed E-state index contributed by atoms with van der Waals surface area (Å²) >= 11 is 1.31. The van der Waals surface area contributed by atoms with Crippen molar-refractivity contribution in [2.45, 2.75) is 77.0 Å². The molecule has 0 aliphatic heterocycles. The third-order valence-corrected chi connectivity index (χ3v) is 3.97. The van der Waals surface area contributed by atoms with Crippen LogP contribution in [-0.2, 0) is 9.59 Å². The van der Waals surface area contributed by atoms with Crippen LogP contribution in [-0.4, -0.2) is 38.3 Å². The van der Waals surface area contributed by atoms with Crippen LogP contribution in [0.15, 0.2) is 0 Å². The van der Waals surface area contributed by atoms with Gasteiger partial charge in [0.15, 0.2) is 0 Å². The molecule has 0 aromatic heterocycles. The maximum Gasteiger partial charge on any atom is 0.236 e. The fourth-order valence-corrected chi connectivity index (χ4v) is 3.25. The van der Waals surface area contributed by atoms with Gasteiger partial charge in [0.1, 0.15) is 0 Å². The van der Waals surface area contributed by atoms with Crippen LogP contribution in [0, 0.1) is 0 Å². The minimum Gasteiger partial charge on any atom is -0.369 e. The minimum atomic E-state index is -0.386. The predicted octanol–water partition coefficient (Wildman–Crippen LogP) is 2.41. The second kappa shape index (κ2) is 6.16. The van der Waals surface area contributed by atoms with Crippen LogP contribution in [0.5, 0.6) is 0 Å². The number of primary amides is 1. The number of rotatable bonds is 4. The van der Waals surface area contributed by atoms with Crippen molar-refractivity contribution in [1.29, 1.82) is 0 Å². The Balaban J connectivity index is 5.08. The van der Waals surface area contributed by atoms with E-state index in [1.165, 1.54) is 11.8 Å². The molecular weight excluding hydrogens is 260 g/mol. The van der Waals surface area contributed by atoms with Crippen LogP contribution in [0.25, 0.3) is 0 Å². The van der Waals surface area contributed by atoms with Gasteiger partial charge >= 0.3 is 0 Å². The van der Waals surface area contributed by atoms with Crippen LogP contribution >= 0.6 is 11.8 Å². The Bertz CT molecular complexity index is 328. The lowest BCUT2D eigenvalue weighted by atomic mass is 9.95. The summed E-state index contributed by atoms with van der Waals surface area (Å²) in [5.74, 6) is -0.346. The predicted molar refractivity (Wildman–Crippen MR) is 82.1 cm³/mol. The molecule has 0 saturated carbocycles. The molecule has 0 fully saturated rings. The number of nitrogens with two attached hydrogens (primary N) is 1. The molecule has 2 amide bonds. The molecule has 0 aliphatic rings. The summed E-state index contributed by atoms with van der Waals surface area (Å²) in [6.45, 7) is 15.7. The van der Waals surface area contributed by atoms with E-state index >= 15 is 0 Å². The Labute approximate surface area is 121 Å². The average Bonchev–Trinajstić information content (AvgIpc) is 2.12. The topological polar surface area (TPSA) is 63.4 Å². The van der Waals surface area contributed by atoms with Crippen molar-refractivity contribution in [3.63, 3.8) is 0 Å². The van der Waals surface area contributed by atoms with E-state index in [1.54, 1.807) is 6.92 Å². The maximum atomic E-state index is 12.6. The highest BCUT2D eigenvalue weighted by atomic mass is 32.2. The molecule has 2 atom stereocenters. The van der Waals surface area contributed by atoms with Gasteiger partial charge in [0.25, 0.3) is 0 Å². The molecule has 0 aromatic rings. The first-order valence-corrected chi connectivity index (χ1v) is 7.51. The number of carbonyl (C=O) groups is 2. The maximum absolute atomic E-state index is 12.6. The first-order valence-electron chi connectivity index (χ1n) is 6.57. The molecule has 112 valence electrons. The molecule has 2 N–H and O–H groups in total. The Hall–Kier alpha value is -0.710. The van der Waals surface area contributed by atoms with Gasteiger partial charge in [-0.2, -0.15) is 0 Å². The SMILES string of the molecule is CC(SC(C)C(=O)N(C(C)(C)C)C(C)(C)C)C(N)=O. The highest BCUT2D eigenvalue weighted by molar-refractivity contribution is 8.01. The highest BCUT2D eigenvalue weighted by Gasteiger charge is 2.38. The van der Waals surface area contributed by atoms with Gasteiger partial charge in [-0.3, -0.25) is 9.59 Å². The van der Waals surface area contributed by atoms with Gasteiger partial charge in [0.2, 0.25) is 11.8 Å². The summed E-state index contributed by atoms with van der Waals surface area (Å²) in [5.41, 5.74) is 4.72. The molecule has 0 aromatic carbocycles. The van der Waals surface area contributed by atoms with E-state index in [9.17, 15) is 9.59 Å². The van der Waals surface area contributed by atoms with Crippen molar-refractivity contribution in [3.05, 3.63) is 0 Å². The summed E-state index contributed by atoms with van der Waals surface area (Å²) in [6.07, 6.45) is 0. The van der Waals surface area contributed by atoms with Gasteiger partial charge in [-0.15, -0.1) is 11.8 Å². The zero-order valence-electron chi connectivity index (χ0n) is 13.4. The first-order chi connectivity index (χ1) is 8.28. The molecule has 0 saturated heterocycles. The van der Waals surface area contributed by atoms with E-state index in [2.05, 4.69) is 0 Å². The second-order valence-electron chi connectivity index (χ2n) is 6.84. The Morgan fingerprint density at radius 2 is 1.32 bits per heavy atom. The molecule has 0 radical (unpaired) electrons. The Kier molecular flexibility index (Phi) is 5.93. The molecular formula is C14H28N2O2S. The van der Waals surface area contributed by atoms with Crippen molar-refractivity contribution in [1.82, 2.24) is 4.90 Å². The van der Waals surface area contributed by atoms with Crippen molar-refractivity contribution in [2.75, 3.05) is 0 Å². The number of hydrogen-bond acceptors (Lipinski definition) is 3. The van der Waals surface area contributed by atoms with Crippen LogP contribution < -0.4 is 5.73 Å². The summed E-state index contributed by atoms with van der Waals surface area (Å²) in [7, 11) is 0.